The molecule has 2 amide bonds. The molecule has 0 heterocycles. The Bertz CT molecular complexity index is 298. The minimum Gasteiger partial charge on any atom is -0.366 e. The first kappa shape index (κ1) is 14.0. The van der Waals surface area contributed by atoms with E-state index in [1.165, 1.54) is 0 Å². The number of rotatable bonds is 2. The Morgan fingerprint density at radius 1 is 0.929 bits per heavy atom. The summed E-state index contributed by atoms with van der Waals surface area (Å²) < 4.78 is 0. The number of allylic oxidation sites excluding steroid dienone is 2. The van der Waals surface area contributed by atoms with Gasteiger partial charge in [-0.05, 0) is 0 Å². The Kier molecular flexibility index (Phi) is 10.4. The summed E-state index contributed by atoms with van der Waals surface area (Å²) in [5.41, 5.74) is 9.21. The van der Waals surface area contributed by atoms with E-state index in [0.29, 0.717) is 0 Å². The minimum absolute atomic E-state index is 0.677. The predicted octanol–water partition coefficient (Wildman–Crippen LogP) is -0.897. The normalized spacial score (nSPS) is 8.43. The zero-order valence-electron chi connectivity index (χ0n) is 7.18. The van der Waals surface area contributed by atoms with Crippen molar-refractivity contribution in [3.05, 3.63) is 24.3 Å². The van der Waals surface area contributed by atoms with Crippen molar-refractivity contribution in [1.82, 2.24) is 0 Å². The molecule has 0 bridgehead atoms. The molecule has 0 aromatic carbocycles. The maximum atomic E-state index is 9.83. The average Bonchev–Trinajstić information content (AvgIpc) is 2.12. The van der Waals surface area contributed by atoms with Crippen molar-refractivity contribution in [2.75, 3.05) is 0 Å². The fraction of sp³-hybridized carbons (Fsp3) is 0. The van der Waals surface area contributed by atoms with E-state index in [4.69, 9.17) is 10.5 Å². The highest BCUT2D eigenvalue weighted by atomic mass is 16.1. The molecule has 0 spiro atoms. The summed E-state index contributed by atoms with van der Waals surface area (Å²) in [5, 5.41) is 15.4. The maximum absolute atomic E-state index is 9.83. The molecule has 0 saturated carbocycles. The van der Waals surface area contributed by atoms with Crippen LogP contribution in [-0.2, 0) is 9.59 Å². The van der Waals surface area contributed by atoms with Crippen molar-refractivity contribution in [3.8, 4) is 12.1 Å². The Labute approximate surface area is 80.7 Å². The van der Waals surface area contributed by atoms with Crippen LogP contribution in [0.2, 0.25) is 0 Å². The third-order valence-electron chi connectivity index (χ3n) is 0.644. The van der Waals surface area contributed by atoms with E-state index in [1.807, 2.05) is 0 Å². The summed E-state index contributed by atoms with van der Waals surface area (Å²) in [5.74, 6) is -1.35. The van der Waals surface area contributed by atoms with Gasteiger partial charge in [-0.3, -0.25) is 9.59 Å². The third-order valence-corrected chi connectivity index (χ3v) is 0.644. The average molecular weight is 192 g/mol. The lowest BCUT2D eigenvalue weighted by Gasteiger charge is -1.76. The van der Waals surface area contributed by atoms with Gasteiger partial charge in [0.2, 0.25) is 11.8 Å². The predicted molar refractivity (Wildman–Crippen MR) is 47.9 cm³/mol. The van der Waals surface area contributed by atoms with Crippen molar-refractivity contribution in [3.63, 3.8) is 0 Å². The molecule has 0 saturated heterocycles. The Morgan fingerprint density at radius 3 is 1.36 bits per heavy atom. The van der Waals surface area contributed by atoms with E-state index in [0.717, 1.165) is 24.3 Å². The number of nitrogens with zero attached hydrogens (tertiary/aromatic N) is 2. The van der Waals surface area contributed by atoms with Gasteiger partial charge in [-0.15, -0.1) is 0 Å². The highest BCUT2D eigenvalue weighted by molar-refractivity contribution is 5.95. The monoisotopic (exact) mass is 192 g/mol. The van der Waals surface area contributed by atoms with Crippen LogP contribution in [0.1, 0.15) is 0 Å². The molecule has 0 aliphatic carbocycles. The van der Waals surface area contributed by atoms with Gasteiger partial charge in [-0.2, -0.15) is 10.5 Å². The van der Waals surface area contributed by atoms with Gasteiger partial charge < -0.3 is 11.5 Å². The molecule has 0 aromatic rings. The molecule has 0 rings (SSSR count). The molecule has 14 heavy (non-hydrogen) atoms. The van der Waals surface area contributed by atoms with Crippen LogP contribution in [0.3, 0.4) is 0 Å². The number of amides is 2. The molecule has 72 valence electrons. The second-order valence-electron chi connectivity index (χ2n) is 1.73. The van der Waals surface area contributed by atoms with E-state index in [1.54, 1.807) is 12.1 Å². The van der Waals surface area contributed by atoms with Gasteiger partial charge in [-0.1, -0.05) is 0 Å². The number of primary amides is 2. The molecule has 6 nitrogen and oxygen atoms in total. The van der Waals surface area contributed by atoms with Gasteiger partial charge in [-0.25, -0.2) is 0 Å². The van der Waals surface area contributed by atoms with Crippen molar-refractivity contribution in [2.24, 2.45) is 11.5 Å². The fourth-order valence-electron chi connectivity index (χ4n) is 0.239. The Balaban J connectivity index is 0. The van der Waals surface area contributed by atoms with Crippen LogP contribution in [0, 0.1) is 22.7 Å². The summed E-state index contributed by atoms with van der Waals surface area (Å²) in [6.07, 6.45) is 4.06. The van der Waals surface area contributed by atoms with E-state index in [-0.39, 0.29) is 0 Å². The molecule has 0 fully saturated rings. The van der Waals surface area contributed by atoms with Gasteiger partial charge >= 0.3 is 0 Å². The van der Waals surface area contributed by atoms with Crippen molar-refractivity contribution in [1.29, 1.82) is 10.5 Å². The molecule has 0 radical (unpaired) electrons. The van der Waals surface area contributed by atoms with E-state index < -0.39 is 11.8 Å². The van der Waals surface area contributed by atoms with Crippen LogP contribution in [0.25, 0.3) is 0 Å². The number of hydrogen-bond acceptors (Lipinski definition) is 4. The molecule has 0 aliphatic rings. The van der Waals surface area contributed by atoms with Crippen molar-refractivity contribution < 1.29 is 9.59 Å². The first-order valence-electron chi connectivity index (χ1n) is 3.25. The summed E-state index contributed by atoms with van der Waals surface area (Å²) in [6.45, 7) is 0. The van der Waals surface area contributed by atoms with Crippen LogP contribution in [-0.4, -0.2) is 11.8 Å². The van der Waals surface area contributed by atoms with Crippen LogP contribution in [0.15, 0.2) is 24.3 Å². The van der Waals surface area contributed by atoms with Crippen molar-refractivity contribution in [2.45, 2.75) is 0 Å². The second kappa shape index (κ2) is 10.4. The molecular weight excluding hydrogens is 184 g/mol. The van der Waals surface area contributed by atoms with Crippen LogP contribution < -0.4 is 11.5 Å². The summed E-state index contributed by atoms with van der Waals surface area (Å²) in [6, 6.07) is 3.33. The van der Waals surface area contributed by atoms with Gasteiger partial charge in [0.15, 0.2) is 0 Å². The zero-order chi connectivity index (χ0) is 11.4. The number of nitrogens with two attached hydrogens (primary N) is 2. The molecule has 0 aliphatic heterocycles. The summed E-state index contributed by atoms with van der Waals surface area (Å²) in [7, 11) is 0. The second-order valence-corrected chi connectivity index (χ2v) is 1.73. The van der Waals surface area contributed by atoms with E-state index in [9.17, 15) is 9.59 Å². The molecule has 6 heteroatoms. The standard InChI is InChI=1S/C4H6N2O2.C4H2N2/c5-3(7)1-2-4(6)8;5-3-1-2-4-6/h1-2H,(H2,5,7)(H2,6,8);1-2H/b2*2-1+. The molecule has 4 N–H and O–H groups in total. The quantitative estimate of drug-likeness (QED) is 0.433. The molecule has 0 unspecified atom stereocenters. The third kappa shape index (κ3) is 22.7. The Morgan fingerprint density at radius 2 is 1.21 bits per heavy atom. The van der Waals surface area contributed by atoms with Gasteiger partial charge in [0, 0.05) is 24.3 Å². The van der Waals surface area contributed by atoms with E-state index in [2.05, 4.69) is 11.5 Å². The SMILES string of the molecule is N#C/C=C/C#N.NC(=O)/C=C/C(N)=O. The first-order valence-corrected chi connectivity index (χ1v) is 3.25. The van der Waals surface area contributed by atoms with Crippen LogP contribution in [0.5, 0.6) is 0 Å². The number of nitriles is 2. The molecule has 0 atom stereocenters. The highest BCUT2D eigenvalue weighted by Crippen LogP contribution is 1.65. The highest BCUT2D eigenvalue weighted by Gasteiger charge is 1.83. The topological polar surface area (TPSA) is 134 Å². The van der Waals surface area contributed by atoms with E-state index >= 15 is 0 Å². The minimum atomic E-state index is -0.677. The number of carbonyl (C=O) groups excluding carboxylic acids is 2. The Hall–Kier alpha value is -2.60. The van der Waals surface area contributed by atoms with Gasteiger partial charge in [0.25, 0.3) is 0 Å². The lowest BCUT2D eigenvalue weighted by molar-refractivity contribution is -0.115. The van der Waals surface area contributed by atoms with Gasteiger partial charge in [0.05, 0.1) is 12.1 Å². The van der Waals surface area contributed by atoms with Crippen LogP contribution >= 0.6 is 0 Å². The fourth-order valence-corrected chi connectivity index (χ4v) is 0.239. The summed E-state index contributed by atoms with van der Waals surface area (Å²) >= 11 is 0. The lowest BCUT2D eigenvalue weighted by Crippen LogP contribution is -2.10. The van der Waals surface area contributed by atoms with Crippen molar-refractivity contribution >= 4 is 11.8 Å². The zero-order valence-corrected chi connectivity index (χ0v) is 7.18. The first-order chi connectivity index (χ1) is 6.54. The number of carbonyl (C=O) groups is 2. The summed E-state index contributed by atoms with van der Waals surface area (Å²) in [4.78, 5) is 19.7. The maximum Gasteiger partial charge on any atom is 0.241 e. The molecular formula is C8H8N4O2. The number of hydrogen-bond donors (Lipinski definition) is 2. The smallest absolute Gasteiger partial charge is 0.241 e. The molecule has 0 aromatic heterocycles. The van der Waals surface area contributed by atoms with Crippen LogP contribution in [0.4, 0.5) is 0 Å². The lowest BCUT2D eigenvalue weighted by atomic mass is 10.5. The van der Waals surface area contributed by atoms with Gasteiger partial charge in [0.1, 0.15) is 0 Å². The largest absolute Gasteiger partial charge is 0.366 e.